The third-order valence-corrected chi connectivity index (χ3v) is 3.40. The smallest absolute Gasteiger partial charge is 0.300 e. The van der Waals surface area contributed by atoms with Gasteiger partial charge in [-0.05, 0) is 12.1 Å². The van der Waals surface area contributed by atoms with Crippen molar-refractivity contribution >= 4 is 0 Å². The fourth-order valence-electron chi connectivity index (χ4n) is 2.23. The minimum absolute atomic E-state index is 0.401. The molecule has 0 unspecified atom stereocenters. The van der Waals surface area contributed by atoms with E-state index in [2.05, 4.69) is 20.1 Å². The summed E-state index contributed by atoms with van der Waals surface area (Å²) < 4.78 is 3.18. The molecular weight excluding hydrogens is 296 g/mol. The van der Waals surface area contributed by atoms with E-state index in [0.29, 0.717) is 13.0 Å². The maximum atomic E-state index is 11.7. The van der Waals surface area contributed by atoms with Gasteiger partial charge >= 0.3 is 5.69 Å². The van der Waals surface area contributed by atoms with Crippen LogP contribution in [-0.2, 0) is 19.4 Å². The number of H-pyrrole nitrogens is 1. The molecule has 3 rings (SSSR count). The average Bonchev–Trinajstić information content (AvgIpc) is 2.98. The van der Waals surface area contributed by atoms with Crippen LogP contribution in [0.1, 0.15) is 18.6 Å². The van der Waals surface area contributed by atoms with Crippen LogP contribution in [0.2, 0.25) is 0 Å². The third kappa shape index (κ3) is 3.25. The number of aryl methyl sites for hydroxylation is 3. The Morgan fingerprint density at radius 3 is 2.83 bits per heavy atom. The van der Waals surface area contributed by atoms with Gasteiger partial charge in [-0.25, -0.2) is 14.5 Å². The number of hydrogen-bond acceptors (Lipinski definition) is 5. The molecule has 0 bridgehead atoms. The second kappa shape index (κ2) is 6.39. The second-order valence-electron chi connectivity index (χ2n) is 4.97. The highest BCUT2D eigenvalue weighted by atomic mass is 16.2. The van der Waals surface area contributed by atoms with Crippen LogP contribution in [0.25, 0.3) is 5.69 Å². The molecule has 8 heteroatoms. The number of hydrogen-bond donors (Lipinski definition) is 1. The highest BCUT2D eigenvalue weighted by Crippen LogP contribution is 2.10. The first-order valence-electron chi connectivity index (χ1n) is 7.32. The van der Waals surface area contributed by atoms with Gasteiger partial charge in [-0.1, -0.05) is 6.92 Å². The van der Waals surface area contributed by atoms with Gasteiger partial charge in [0.05, 0.1) is 11.9 Å². The topological polar surface area (TPSA) is 98.5 Å². The van der Waals surface area contributed by atoms with E-state index in [9.17, 15) is 9.59 Å². The minimum Gasteiger partial charge on any atom is -0.300 e. The SMILES string of the molecule is CCc1nc(CCn2ccc(=O)[nH]c2=O)n(-c2cccnc2)n1. The monoisotopic (exact) mass is 312 g/mol. The lowest BCUT2D eigenvalue weighted by Gasteiger charge is -2.06. The minimum atomic E-state index is -0.430. The summed E-state index contributed by atoms with van der Waals surface area (Å²) in [5.41, 5.74) is -0.0118. The van der Waals surface area contributed by atoms with E-state index in [-0.39, 0.29) is 0 Å². The van der Waals surface area contributed by atoms with Crippen molar-refractivity contribution < 1.29 is 0 Å². The number of nitrogens with zero attached hydrogens (tertiary/aromatic N) is 5. The van der Waals surface area contributed by atoms with Gasteiger partial charge in [0.1, 0.15) is 5.82 Å². The van der Waals surface area contributed by atoms with Crippen LogP contribution in [0.4, 0.5) is 0 Å². The molecule has 0 aliphatic rings. The number of aromatic amines is 1. The van der Waals surface area contributed by atoms with Gasteiger partial charge in [0.2, 0.25) is 0 Å². The molecule has 0 aliphatic heterocycles. The fraction of sp³-hybridized carbons (Fsp3) is 0.267. The molecular formula is C15H16N6O2. The molecule has 0 aliphatic carbocycles. The third-order valence-electron chi connectivity index (χ3n) is 3.40. The summed E-state index contributed by atoms with van der Waals surface area (Å²) in [5.74, 6) is 1.48. The van der Waals surface area contributed by atoms with Crippen LogP contribution in [-0.4, -0.2) is 29.3 Å². The van der Waals surface area contributed by atoms with Gasteiger partial charge in [-0.15, -0.1) is 0 Å². The Bertz CT molecular complexity index is 909. The standard InChI is InChI=1S/C15H16N6O2/c1-2-12-17-13(21(19-12)11-4-3-7-16-10-11)5-8-20-9-6-14(22)18-15(20)23/h3-4,6-7,9-10H,2,5,8H2,1H3,(H,18,22,23). The van der Waals surface area contributed by atoms with Crippen LogP contribution >= 0.6 is 0 Å². The molecule has 3 aromatic heterocycles. The molecule has 0 aromatic carbocycles. The van der Waals surface area contributed by atoms with Crippen molar-refractivity contribution in [1.82, 2.24) is 29.3 Å². The Kier molecular flexibility index (Phi) is 4.13. The highest BCUT2D eigenvalue weighted by molar-refractivity contribution is 5.27. The summed E-state index contributed by atoms with van der Waals surface area (Å²) in [5, 5.41) is 4.47. The Morgan fingerprint density at radius 1 is 1.26 bits per heavy atom. The maximum absolute atomic E-state index is 11.7. The van der Waals surface area contributed by atoms with Crippen molar-refractivity contribution in [3.8, 4) is 5.69 Å². The van der Waals surface area contributed by atoms with E-state index in [4.69, 9.17) is 0 Å². The Hall–Kier alpha value is -3.03. The van der Waals surface area contributed by atoms with Crippen molar-refractivity contribution in [3.63, 3.8) is 0 Å². The summed E-state index contributed by atoms with van der Waals surface area (Å²) in [4.78, 5) is 33.7. The average molecular weight is 312 g/mol. The summed E-state index contributed by atoms with van der Waals surface area (Å²) in [6.07, 6.45) is 6.11. The van der Waals surface area contributed by atoms with Gasteiger partial charge in [0.25, 0.3) is 5.56 Å². The molecule has 3 aromatic rings. The predicted molar refractivity (Wildman–Crippen MR) is 83.6 cm³/mol. The molecule has 0 spiro atoms. The molecule has 0 saturated carbocycles. The van der Waals surface area contributed by atoms with E-state index in [1.165, 1.54) is 16.8 Å². The summed E-state index contributed by atoms with van der Waals surface area (Å²) in [6, 6.07) is 5.06. The van der Waals surface area contributed by atoms with Gasteiger partial charge < -0.3 is 4.57 Å². The molecule has 8 nitrogen and oxygen atoms in total. The lowest BCUT2D eigenvalue weighted by Crippen LogP contribution is -2.29. The molecule has 3 heterocycles. The van der Waals surface area contributed by atoms with Crippen LogP contribution in [0.3, 0.4) is 0 Å². The van der Waals surface area contributed by atoms with Gasteiger partial charge in [-0.2, -0.15) is 5.10 Å². The van der Waals surface area contributed by atoms with Crippen LogP contribution in [0.15, 0.2) is 46.4 Å². The van der Waals surface area contributed by atoms with Crippen molar-refractivity contribution in [2.24, 2.45) is 0 Å². The quantitative estimate of drug-likeness (QED) is 0.731. The molecule has 0 saturated heterocycles. The number of nitrogens with one attached hydrogen (secondary N) is 1. The van der Waals surface area contributed by atoms with Crippen molar-refractivity contribution in [2.45, 2.75) is 26.3 Å². The van der Waals surface area contributed by atoms with Crippen molar-refractivity contribution in [1.29, 1.82) is 0 Å². The maximum Gasteiger partial charge on any atom is 0.328 e. The first kappa shape index (κ1) is 14.9. The van der Waals surface area contributed by atoms with E-state index in [0.717, 1.165) is 23.8 Å². The van der Waals surface area contributed by atoms with E-state index >= 15 is 0 Å². The molecule has 0 amide bonds. The fourth-order valence-corrected chi connectivity index (χ4v) is 2.23. The highest BCUT2D eigenvalue weighted by Gasteiger charge is 2.11. The Labute approximate surface area is 131 Å². The predicted octanol–water partition coefficient (Wildman–Crippen LogP) is 0.317. The summed E-state index contributed by atoms with van der Waals surface area (Å²) >= 11 is 0. The molecule has 1 N–H and O–H groups in total. The zero-order valence-corrected chi connectivity index (χ0v) is 12.6. The summed E-state index contributed by atoms with van der Waals surface area (Å²) in [7, 11) is 0. The van der Waals surface area contributed by atoms with Gasteiger partial charge in [0.15, 0.2) is 5.82 Å². The van der Waals surface area contributed by atoms with Gasteiger partial charge in [-0.3, -0.25) is 14.8 Å². The Morgan fingerprint density at radius 2 is 2.13 bits per heavy atom. The normalized spacial score (nSPS) is 10.8. The van der Waals surface area contributed by atoms with Crippen LogP contribution in [0.5, 0.6) is 0 Å². The molecule has 0 fully saturated rings. The number of rotatable bonds is 5. The number of aromatic nitrogens is 6. The zero-order valence-electron chi connectivity index (χ0n) is 12.6. The second-order valence-corrected chi connectivity index (χ2v) is 4.97. The first-order chi connectivity index (χ1) is 11.2. The van der Waals surface area contributed by atoms with Crippen molar-refractivity contribution in [3.05, 3.63) is 69.3 Å². The molecule has 23 heavy (non-hydrogen) atoms. The first-order valence-corrected chi connectivity index (χ1v) is 7.32. The van der Waals surface area contributed by atoms with Crippen molar-refractivity contribution in [2.75, 3.05) is 0 Å². The molecule has 118 valence electrons. The van der Waals surface area contributed by atoms with E-state index in [1.807, 2.05) is 19.1 Å². The lowest BCUT2D eigenvalue weighted by molar-refractivity contribution is 0.616. The Balaban J connectivity index is 1.89. The molecule has 0 atom stereocenters. The number of pyridine rings is 1. The largest absolute Gasteiger partial charge is 0.328 e. The van der Waals surface area contributed by atoms with Crippen LogP contribution < -0.4 is 11.2 Å². The summed E-state index contributed by atoms with van der Waals surface area (Å²) in [6.45, 7) is 2.39. The van der Waals surface area contributed by atoms with Crippen LogP contribution in [0, 0.1) is 0 Å². The molecule has 0 radical (unpaired) electrons. The lowest BCUT2D eigenvalue weighted by atomic mass is 10.3. The van der Waals surface area contributed by atoms with Gasteiger partial charge in [0, 0.05) is 37.8 Å². The van der Waals surface area contributed by atoms with E-state index < -0.39 is 11.2 Å². The van der Waals surface area contributed by atoms with E-state index in [1.54, 1.807) is 17.1 Å². The zero-order chi connectivity index (χ0) is 16.2.